The van der Waals surface area contributed by atoms with Crippen LogP contribution in [0, 0.1) is 12.8 Å². The van der Waals surface area contributed by atoms with E-state index in [0.717, 1.165) is 11.1 Å². The van der Waals surface area contributed by atoms with Gasteiger partial charge in [-0.25, -0.2) is 9.69 Å². The van der Waals surface area contributed by atoms with Crippen molar-refractivity contribution in [3.05, 3.63) is 63.7 Å². The molecule has 0 saturated carbocycles. The molecule has 0 radical (unpaired) electrons. The minimum Gasteiger partial charge on any atom is -0.462 e. The third-order valence-corrected chi connectivity index (χ3v) is 5.58. The number of fused-ring (bicyclic) bond motifs is 1. The number of aryl methyl sites for hydroxylation is 1. The van der Waals surface area contributed by atoms with Crippen molar-refractivity contribution in [2.24, 2.45) is 5.92 Å². The van der Waals surface area contributed by atoms with Crippen molar-refractivity contribution in [2.75, 3.05) is 11.5 Å². The Morgan fingerprint density at radius 1 is 0.903 bits per heavy atom. The van der Waals surface area contributed by atoms with Crippen LogP contribution in [0.5, 0.6) is 0 Å². The lowest BCUT2D eigenvalue weighted by molar-refractivity contribution is 0.0455. The van der Waals surface area contributed by atoms with Gasteiger partial charge in [-0.15, -0.1) is 0 Å². The highest BCUT2D eigenvalue weighted by Crippen LogP contribution is 2.40. The molecule has 1 aliphatic rings. The SMILES string of the molecule is Cc1ccc2c(c1C(=O)OCC(C)C)C(=O)N(c1c(C(C)C)cccc1C(C)C)C2=O. The van der Waals surface area contributed by atoms with E-state index in [-0.39, 0.29) is 41.1 Å². The fraction of sp³-hybridized carbons (Fsp3) is 0.423. The van der Waals surface area contributed by atoms with E-state index in [1.165, 1.54) is 4.90 Å². The zero-order valence-corrected chi connectivity index (χ0v) is 19.4. The zero-order chi connectivity index (χ0) is 23.0. The highest BCUT2D eigenvalue weighted by molar-refractivity contribution is 6.36. The zero-order valence-electron chi connectivity index (χ0n) is 19.4. The molecule has 0 N–H and O–H groups in total. The smallest absolute Gasteiger partial charge is 0.339 e. The lowest BCUT2D eigenvalue weighted by Crippen LogP contribution is -2.32. The van der Waals surface area contributed by atoms with Crippen LogP contribution >= 0.6 is 0 Å². The van der Waals surface area contributed by atoms with Gasteiger partial charge in [-0.3, -0.25) is 9.59 Å². The van der Waals surface area contributed by atoms with Gasteiger partial charge in [0.05, 0.1) is 29.0 Å². The van der Waals surface area contributed by atoms with Crippen molar-refractivity contribution in [2.45, 2.75) is 60.3 Å². The van der Waals surface area contributed by atoms with E-state index in [0.29, 0.717) is 11.3 Å². The van der Waals surface area contributed by atoms with Crippen molar-refractivity contribution in [1.29, 1.82) is 0 Å². The number of hydrogen-bond donors (Lipinski definition) is 0. The van der Waals surface area contributed by atoms with Gasteiger partial charge in [-0.05, 0) is 47.4 Å². The third-order valence-electron chi connectivity index (χ3n) is 5.58. The molecule has 5 nitrogen and oxygen atoms in total. The normalized spacial score (nSPS) is 13.5. The van der Waals surface area contributed by atoms with Gasteiger partial charge in [0.2, 0.25) is 0 Å². The van der Waals surface area contributed by atoms with Crippen LogP contribution in [0.15, 0.2) is 30.3 Å². The molecule has 31 heavy (non-hydrogen) atoms. The van der Waals surface area contributed by atoms with Crippen LogP contribution in [0.1, 0.15) is 101 Å². The number of rotatable bonds is 6. The summed E-state index contributed by atoms with van der Waals surface area (Å²) in [6.07, 6.45) is 0. The molecule has 0 bridgehead atoms. The van der Waals surface area contributed by atoms with E-state index in [4.69, 9.17) is 4.74 Å². The van der Waals surface area contributed by atoms with Crippen LogP contribution in [0.2, 0.25) is 0 Å². The number of carbonyl (C=O) groups is 3. The van der Waals surface area contributed by atoms with Gasteiger partial charge < -0.3 is 4.74 Å². The average Bonchev–Trinajstić information content (AvgIpc) is 2.95. The van der Waals surface area contributed by atoms with Gasteiger partial charge >= 0.3 is 5.97 Å². The van der Waals surface area contributed by atoms with Crippen LogP contribution in [-0.2, 0) is 4.74 Å². The number of anilines is 1. The standard InChI is InChI=1S/C26H31NO4/c1-14(2)13-31-26(30)21-17(7)11-12-20-22(21)25(29)27(24(20)28)23-18(15(3)4)9-8-10-19(23)16(5)6/h8-12,14-16H,13H2,1-7H3. The number of carbonyl (C=O) groups excluding carboxylic acids is 3. The Balaban J connectivity index is 2.19. The van der Waals surface area contributed by atoms with Gasteiger partial charge in [-0.2, -0.15) is 0 Å². The molecule has 1 aliphatic heterocycles. The minimum absolute atomic E-state index is 0.121. The second-order valence-corrected chi connectivity index (χ2v) is 9.21. The Labute approximate surface area is 184 Å². The topological polar surface area (TPSA) is 63.7 Å². The summed E-state index contributed by atoms with van der Waals surface area (Å²) in [6.45, 7) is 14.1. The van der Waals surface area contributed by atoms with E-state index in [1.807, 2.05) is 59.7 Å². The van der Waals surface area contributed by atoms with Crippen molar-refractivity contribution in [3.63, 3.8) is 0 Å². The lowest BCUT2D eigenvalue weighted by Gasteiger charge is -2.25. The molecule has 2 amide bonds. The molecular weight excluding hydrogens is 390 g/mol. The van der Waals surface area contributed by atoms with Crippen LogP contribution in [-0.4, -0.2) is 24.4 Å². The highest BCUT2D eigenvalue weighted by atomic mass is 16.5. The van der Waals surface area contributed by atoms with Gasteiger partial charge in [-0.1, -0.05) is 65.8 Å². The first-order valence-corrected chi connectivity index (χ1v) is 10.9. The van der Waals surface area contributed by atoms with Crippen LogP contribution in [0.25, 0.3) is 0 Å². The maximum Gasteiger partial charge on any atom is 0.339 e. The number of benzene rings is 2. The van der Waals surface area contributed by atoms with E-state index in [2.05, 4.69) is 0 Å². The minimum atomic E-state index is -0.563. The summed E-state index contributed by atoms with van der Waals surface area (Å²) in [4.78, 5) is 41.3. The summed E-state index contributed by atoms with van der Waals surface area (Å²) in [6, 6.07) is 9.22. The summed E-state index contributed by atoms with van der Waals surface area (Å²) in [5.74, 6) is -1.01. The number of ether oxygens (including phenoxy) is 1. The Morgan fingerprint density at radius 3 is 2.00 bits per heavy atom. The van der Waals surface area contributed by atoms with E-state index >= 15 is 0 Å². The Bertz CT molecular complexity index is 1020. The maximum absolute atomic E-state index is 13.7. The quantitative estimate of drug-likeness (QED) is 0.433. The summed E-state index contributed by atoms with van der Waals surface area (Å²) in [5.41, 5.74) is 3.71. The fourth-order valence-electron chi connectivity index (χ4n) is 3.98. The Morgan fingerprint density at radius 2 is 1.48 bits per heavy atom. The molecule has 0 spiro atoms. The van der Waals surface area contributed by atoms with Gasteiger partial charge in [0.15, 0.2) is 0 Å². The number of amides is 2. The number of nitrogens with zero attached hydrogens (tertiary/aromatic N) is 1. The first-order valence-electron chi connectivity index (χ1n) is 10.9. The van der Waals surface area contributed by atoms with E-state index in [1.54, 1.807) is 19.1 Å². The fourth-order valence-corrected chi connectivity index (χ4v) is 3.98. The number of para-hydroxylation sites is 1. The molecule has 2 aromatic carbocycles. The molecule has 0 atom stereocenters. The molecule has 3 rings (SSSR count). The molecule has 164 valence electrons. The monoisotopic (exact) mass is 421 g/mol. The van der Waals surface area contributed by atoms with Crippen molar-refractivity contribution >= 4 is 23.5 Å². The molecule has 0 aliphatic carbocycles. The number of esters is 1. The van der Waals surface area contributed by atoms with Crippen molar-refractivity contribution in [3.8, 4) is 0 Å². The maximum atomic E-state index is 13.7. The van der Waals surface area contributed by atoms with E-state index in [9.17, 15) is 14.4 Å². The van der Waals surface area contributed by atoms with Crippen LogP contribution in [0.4, 0.5) is 5.69 Å². The molecule has 1 heterocycles. The molecule has 0 aromatic heterocycles. The number of hydrogen-bond acceptors (Lipinski definition) is 4. The molecule has 2 aromatic rings. The van der Waals surface area contributed by atoms with E-state index < -0.39 is 17.8 Å². The predicted octanol–water partition coefficient (Wildman–Crippen LogP) is 5.86. The number of imide groups is 1. The summed E-state index contributed by atoms with van der Waals surface area (Å²) < 4.78 is 5.42. The predicted molar refractivity (Wildman–Crippen MR) is 122 cm³/mol. The largest absolute Gasteiger partial charge is 0.462 e. The third kappa shape index (κ3) is 4.01. The Hall–Kier alpha value is -2.95. The van der Waals surface area contributed by atoms with Crippen molar-refractivity contribution in [1.82, 2.24) is 0 Å². The molecule has 0 fully saturated rings. The molecule has 0 saturated heterocycles. The Kier molecular flexibility index (Phi) is 6.35. The van der Waals surface area contributed by atoms with Gasteiger partial charge in [0.25, 0.3) is 11.8 Å². The molecule has 5 heteroatoms. The first kappa shape index (κ1) is 22.7. The second kappa shape index (κ2) is 8.66. The summed E-state index contributed by atoms with van der Waals surface area (Å²) in [5, 5.41) is 0. The lowest BCUT2D eigenvalue weighted by atomic mass is 9.92. The van der Waals surface area contributed by atoms with Gasteiger partial charge in [0.1, 0.15) is 0 Å². The average molecular weight is 422 g/mol. The molecular formula is C26H31NO4. The van der Waals surface area contributed by atoms with Crippen LogP contribution < -0.4 is 4.90 Å². The molecule has 0 unspecified atom stereocenters. The first-order chi connectivity index (χ1) is 14.6. The second-order valence-electron chi connectivity index (χ2n) is 9.21. The van der Waals surface area contributed by atoms with Crippen molar-refractivity contribution < 1.29 is 19.1 Å². The highest BCUT2D eigenvalue weighted by Gasteiger charge is 2.42. The summed E-state index contributed by atoms with van der Waals surface area (Å²) in [7, 11) is 0. The van der Waals surface area contributed by atoms with Crippen LogP contribution in [0.3, 0.4) is 0 Å². The summed E-state index contributed by atoms with van der Waals surface area (Å²) >= 11 is 0. The van der Waals surface area contributed by atoms with Gasteiger partial charge in [0, 0.05) is 0 Å².